The molecule has 0 radical (unpaired) electrons. The second-order valence-electron chi connectivity index (χ2n) is 11.4. The van der Waals surface area contributed by atoms with Crippen molar-refractivity contribution in [1.29, 1.82) is 0 Å². The van der Waals surface area contributed by atoms with Crippen molar-refractivity contribution in [2.75, 3.05) is 0 Å². The van der Waals surface area contributed by atoms with Crippen molar-refractivity contribution in [1.82, 2.24) is 0 Å². The molecule has 0 unspecified atom stereocenters. The first-order chi connectivity index (χ1) is 20.1. The van der Waals surface area contributed by atoms with Gasteiger partial charge in [-0.2, -0.15) is 0 Å². The average molecular weight is 689 g/mol. The van der Waals surface area contributed by atoms with E-state index in [1.807, 2.05) is 26.0 Å². The molecule has 4 nitrogen and oxygen atoms in total. The van der Waals surface area contributed by atoms with E-state index in [1.165, 1.54) is 22.3 Å². The van der Waals surface area contributed by atoms with Crippen molar-refractivity contribution in [2.45, 2.75) is 61.6 Å². The van der Waals surface area contributed by atoms with E-state index in [4.69, 9.17) is 0 Å². The van der Waals surface area contributed by atoms with E-state index in [0.717, 1.165) is 20.3 Å². The summed E-state index contributed by atoms with van der Waals surface area (Å²) in [6.07, 6.45) is 1.40. The summed E-state index contributed by atoms with van der Waals surface area (Å²) < 4.78 is 2.13. The Balaban J connectivity index is 0.000000168. The average Bonchev–Trinajstić information content (AvgIpc) is 2.97. The fraction of sp³-hybridized carbons (Fsp3) is 0.278. The molecule has 0 amide bonds. The van der Waals surface area contributed by atoms with Crippen molar-refractivity contribution in [3.63, 3.8) is 0 Å². The van der Waals surface area contributed by atoms with Crippen LogP contribution in [0.1, 0.15) is 69.7 Å². The van der Waals surface area contributed by atoms with Gasteiger partial charge in [0.15, 0.2) is 0 Å². The van der Waals surface area contributed by atoms with Crippen LogP contribution >= 0.6 is 0 Å². The number of hydrogen-bond donors (Lipinski definition) is 2. The van der Waals surface area contributed by atoms with Crippen LogP contribution in [0.4, 0.5) is 0 Å². The summed E-state index contributed by atoms with van der Waals surface area (Å²) in [6, 6.07) is 37.8. The van der Waals surface area contributed by atoms with Gasteiger partial charge in [-0.15, -0.1) is 0 Å². The normalized spacial score (nSPS) is 25.5. The van der Waals surface area contributed by atoms with Crippen LogP contribution in [0.15, 0.2) is 119 Å². The molecule has 0 saturated carbocycles. The predicted molar refractivity (Wildman–Crippen MR) is 176 cm³/mol. The number of hydrogen-bond acceptors (Lipinski definition) is 4. The molecule has 2 aliphatic rings. The second-order valence-corrected chi connectivity index (χ2v) is 16.4. The maximum atomic E-state index is 10.5. The van der Waals surface area contributed by atoms with Gasteiger partial charge < -0.3 is 0 Å². The van der Waals surface area contributed by atoms with Gasteiger partial charge in [0.25, 0.3) is 0 Å². The zero-order chi connectivity index (χ0) is 29.7. The van der Waals surface area contributed by atoms with Crippen LogP contribution in [0.5, 0.6) is 0 Å². The van der Waals surface area contributed by atoms with Crippen molar-refractivity contribution in [2.24, 2.45) is 9.98 Å². The molecule has 0 spiro atoms. The first-order valence-electron chi connectivity index (χ1n) is 14.3. The summed E-state index contributed by atoms with van der Waals surface area (Å²) in [6.45, 7) is 7.79. The van der Waals surface area contributed by atoms with Crippen LogP contribution in [0, 0.1) is 13.8 Å². The summed E-state index contributed by atoms with van der Waals surface area (Å²) >= 11 is 0.470. The summed E-state index contributed by atoms with van der Waals surface area (Å²) in [5.74, 6) is 0. The molecule has 6 heteroatoms. The zero-order valence-corrected chi connectivity index (χ0v) is 28.0. The number of benzene rings is 4. The van der Waals surface area contributed by atoms with Gasteiger partial charge in [-0.05, 0) is 0 Å². The summed E-state index contributed by atoms with van der Waals surface area (Å²) in [5.41, 5.74) is 5.43. The first-order valence-corrected chi connectivity index (χ1v) is 18.0. The Morgan fingerprint density at radius 3 is 1.21 bits per heavy atom. The predicted octanol–water partition coefficient (Wildman–Crippen LogP) is 6.60. The number of aliphatic hydroxyl groups is 2. The molecule has 0 aliphatic carbocycles. The minimum atomic E-state index is -0.972. The van der Waals surface area contributed by atoms with Gasteiger partial charge in [0.1, 0.15) is 0 Å². The Bertz CT molecular complexity index is 1410. The second kappa shape index (κ2) is 13.2. The summed E-state index contributed by atoms with van der Waals surface area (Å²) in [5, 5.41) is 21.0. The summed E-state index contributed by atoms with van der Waals surface area (Å²) in [4.78, 5) is 9.93. The van der Waals surface area contributed by atoms with E-state index in [0.29, 0.717) is 22.5 Å². The van der Waals surface area contributed by atoms with Gasteiger partial charge in [0.2, 0.25) is 0 Å². The van der Waals surface area contributed by atoms with Gasteiger partial charge in [-0.3, -0.25) is 0 Å². The van der Waals surface area contributed by atoms with Gasteiger partial charge in [-0.1, -0.05) is 0 Å². The third-order valence-electron chi connectivity index (χ3n) is 7.28. The van der Waals surface area contributed by atoms with E-state index < -0.39 is 11.4 Å². The van der Waals surface area contributed by atoms with Crippen LogP contribution in [0.25, 0.3) is 0 Å². The van der Waals surface area contributed by atoms with E-state index in [-0.39, 0.29) is 29.9 Å². The molecule has 42 heavy (non-hydrogen) atoms. The molecule has 216 valence electrons. The number of aliphatic imine (C=N–C) groups is 2. The molecule has 0 bridgehead atoms. The van der Waals surface area contributed by atoms with E-state index in [2.05, 4.69) is 121 Å². The third-order valence-corrected chi connectivity index (χ3v) is 12.6. The van der Waals surface area contributed by atoms with Crippen molar-refractivity contribution >= 4 is 39.1 Å². The zero-order valence-electron chi connectivity index (χ0n) is 24.6. The van der Waals surface area contributed by atoms with Crippen LogP contribution in [0.2, 0.25) is 0 Å². The Labute approximate surface area is 262 Å². The molecule has 4 aromatic carbocycles. The molecule has 2 N–H and O–H groups in total. The van der Waals surface area contributed by atoms with Gasteiger partial charge in [0.05, 0.1) is 0 Å². The van der Waals surface area contributed by atoms with Gasteiger partial charge in [0, 0.05) is 0 Å². The van der Waals surface area contributed by atoms with Crippen LogP contribution in [-0.4, -0.2) is 60.8 Å². The Morgan fingerprint density at radius 2 is 0.881 bits per heavy atom. The molecular formula is C36H38N2O2Se2. The molecule has 0 saturated heterocycles. The maximum absolute atomic E-state index is 10.5. The molecule has 2 aliphatic heterocycles. The van der Waals surface area contributed by atoms with Gasteiger partial charge in [-0.25, -0.2) is 0 Å². The van der Waals surface area contributed by atoms with E-state index >= 15 is 0 Å². The molecule has 0 fully saturated rings. The van der Waals surface area contributed by atoms with E-state index in [9.17, 15) is 10.2 Å². The first kappa shape index (κ1) is 30.6. The number of aryl methyl sites for hydroxylation is 2. The topological polar surface area (TPSA) is 65.2 Å². The molecule has 6 rings (SSSR count). The standard InChI is InChI=1S/2C18H19NOSe/c2*1-13-8-10-15(11-9-13)17-19-18(2,20)12-16(21-17)14-6-4-3-5-7-14/h2*3-11,16,20H,12H2,1-2H3/t2*16-,18+/m11/s1. The number of nitrogens with zero attached hydrogens (tertiary/aromatic N) is 2. The van der Waals surface area contributed by atoms with Crippen molar-refractivity contribution in [3.8, 4) is 0 Å². The summed E-state index contributed by atoms with van der Waals surface area (Å²) in [7, 11) is 0. The molecule has 0 aromatic heterocycles. The third kappa shape index (κ3) is 8.17. The van der Waals surface area contributed by atoms with Crippen molar-refractivity contribution in [3.05, 3.63) is 143 Å². The Kier molecular flexibility index (Phi) is 9.64. The molecule has 4 atom stereocenters. The minimum absolute atomic E-state index is 0.235. The Morgan fingerprint density at radius 1 is 0.548 bits per heavy atom. The van der Waals surface area contributed by atoms with Gasteiger partial charge >= 0.3 is 264 Å². The number of rotatable bonds is 4. The van der Waals surface area contributed by atoms with Crippen molar-refractivity contribution < 1.29 is 10.2 Å². The SMILES string of the molecule is Cc1ccc(C2=N[C@@](C)(O)C[C@H](c3ccccc3)[Se]2)cc1.Cc1ccc(C2=N[C@@](C)(O)C[C@H](c3ccccc3)[Se]2)cc1. The quantitative estimate of drug-likeness (QED) is 0.238. The molecule has 2 heterocycles. The Hall–Kier alpha value is -2.82. The fourth-order valence-electron chi connectivity index (χ4n) is 5.00. The fourth-order valence-corrected chi connectivity index (χ4v) is 11.2. The molecular weight excluding hydrogens is 650 g/mol. The van der Waals surface area contributed by atoms with Crippen LogP contribution < -0.4 is 0 Å². The van der Waals surface area contributed by atoms with Crippen LogP contribution in [0.3, 0.4) is 0 Å². The van der Waals surface area contributed by atoms with Crippen LogP contribution in [-0.2, 0) is 0 Å². The monoisotopic (exact) mass is 690 g/mol. The molecule has 4 aromatic rings. The van der Waals surface area contributed by atoms with E-state index in [1.54, 1.807) is 0 Å².